The maximum atomic E-state index is 13.5. The number of hydrogen-bond donors (Lipinski definition) is 0. The fraction of sp³-hybridized carbons (Fsp3) is 0.259. The van der Waals surface area contributed by atoms with E-state index in [1.807, 2.05) is 0 Å². The standard InChI is InChI=1S/C27H20F7NO7/c1-2-40-24(37)21(23(36)16-7-4-8-17(13-16)41-26(30,31)25(28)29)14-20-19(10-5-11-22(20)35(38)39)15-6-3-9-18(12-15)42-27(32,33)34/h3-13,21,25H,2,14H2,1H3. The van der Waals surface area contributed by atoms with Crippen molar-refractivity contribution in [3.05, 3.63) is 88.0 Å². The lowest BCUT2D eigenvalue weighted by Crippen LogP contribution is -2.33. The van der Waals surface area contributed by atoms with Gasteiger partial charge in [0.15, 0.2) is 5.78 Å². The van der Waals surface area contributed by atoms with Crippen LogP contribution in [0, 0.1) is 16.0 Å². The van der Waals surface area contributed by atoms with Crippen molar-refractivity contribution in [1.82, 2.24) is 0 Å². The number of nitrogens with zero attached hydrogens (tertiary/aromatic N) is 1. The zero-order valence-corrected chi connectivity index (χ0v) is 21.4. The number of ether oxygens (including phenoxy) is 3. The van der Waals surface area contributed by atoms with E-state index in [0.29, 0.717) is 6.07 Å². The summed E-state index contributed by atoms with van der Waals surface area (Å²) in [5, 5.41) is 11.9. The Hall–Kier alpha value is -4.69. The summed E-state index contributed by atoms with van der Waals surface area (Å²) in [6, 6.07) is 11.7. The van der Waals surface area contributed by atoms with E-state index in [0.717, 1.165) is 36.4 Å². The number of ketones is 1. The topological polar surface area (TPSA) is 105 Å². The number of hydrogen-bond acceptors (Lipinski definition) is 7. The summed E-state index contributed by atoms with van der Waals surface area (Å²) in [6.07, 6.45) is -14.8. The first-order valence-corrected chi connectivity index (χ1v) is 11.9. The third-order valence-electron chi connectivity index (χ3n) is 5.65. The van der Waals surface area contributed by atoms with Crippen molar-refractivity contribution in [2.45, 2.75) is 32.2 Å². The zero-order chi connectivity index (χ0) is 31.2. The van der Waals surface area contributed by atoms with Gasteiger partial charge in [0.25, 0.3) is 5.69 Å². The van der Waals surface area contributed by atoms with Crippen molar-refractivity contribution >= 4 is 17.4 Å². The number of nitro benzene ring substituents is 1. The first kappa shape index (κ1) is 31.8. The minimum absolute atomic E-state index is 0.00938. The lowest BCUT2D eigenvalue weighted by Gasteiger charge is -2.19. The number of nitro groups is 1. The van der Waals surface area contributed by atoms with Gasteiger partial charge in [0, 0.05) is 23.6 Å². The highest BCUT2D eigenvalue weighted by atomic mass is 19.4. The van der Waals surface area contributed by atoms with Gasteiger partial charge >= 0.3 is 24.9 Å². The Morgan fingerprint density at radius 2 is 1.52 bits per heavy atom. The zero-order valence-electron chi connectivity index (χ0n) is 21.4. The summed E-state index contributed by atoms with van der Waals surface area (Å²) < 4.78 is 103. The van der Waals surface area contributed by atoms with Crippen LogP contribution in [0.2, 0.25) is 0 Å². The second-order valence-corrected chi connectivity index (χ2v) is 8.50. The highest BCUT2D eigenvalue weighted by molar-refractivity contribution is 6.09. The molecule has 3 rings (SSSR count). The van der Waals surface area contributed by atoms with Crippen LogP contribution in [-0.2, 0) is 16.0 Å². The SMILES string of the molecule is CCOC(=O)C(Cc1c(-c2cccc(OC(F)(F)F)c2)cccc1[N+](=O)[O-])C(=O)c1cccc(OC(F)(F)C(F)F)c1. The molecule has 0 N–H and O–H groups in total. The van der Waals surface area contributed by atoms with E-state index in [4.69, 9.17) is 4.74 Å². The minimum Gasteiger partial charge on any atom is -0.465 e. The molecule has 3 aromatic rings. The second-order valence-electron chi connectivity index (χ2n) is 8.50. The number of halogens is 7. The average Bonchev–Trinajstić information content (AvgIpc) is 2.90. The van der Waals surface area contributed by atoms with Crippen molar-refractivity contribution in [3.63, 3.8) is 0 Å². The number of esters is 1. The van der Waals surface area contributed by atoms with E-state index in [9.17, 15) is 50.4 Å². The molecule has 0 fully saturated rings. The Morgan fingerprint density at radius 1 is 0.905 bits per heavy atom. The summed E-state index contributed by atoms with van der Waals surface area (Å²) in [5.41, 5.74) is -1.29. The Kier molecular flexibility index (Phi) is 9.75. The number of alkyl halides is 7. The molecule has 15 heteroatoms. The third-order valence-corrected chi connectivity index (χ3v) is 5.65. The normalized spacial score (nSPS) is 12.5. The van der Waals surface area contributed by atoms with E-state index in [1.54, 1.807) is 0 Å². The maximum Gasteiger partial charge on any atom is 0.573 e. The van der Waals surface area contributed by atoms with Gasteiger partial charge in [0.2, 0.25) is 0 Å². The number of carbonyl (C=O) groups is 2. The number of rotatable bonds is 12. The van der Waals surface area contributed by atoms with E-state index >= 15 is 0 Å². The van der Waals surface area contributed by atoms with Crippen LogP contribution in [0.15, 0.2) is 66.7 Å². The number of benzene rings is 3. The molecule has 0 amide bonds. The van der Waals surface area contributed by atoms with Crippen molar-refractivity contribution in [2.24, 2.45) is 5.92 Å². The molecule has 0 saturated carbocycles. The smallest absolute Gasteiger partial charge is 0.465 e. The quantitative estimate of drug-likeness (QED) is 0.0548. The van der Waals surface area contributed by atoms with Gasteiger partial charge in [0.05, 0.1) is 11.5 Å². The predicted octanol–water partition coefficient (Wildman–Crippen LogP) is 7.00. The van der Waals surface area contributed by atoms with Gasteiger partial charge in [-0.25, -0.2) is 0 Å². The first-order valence-electron chi connectivity index (χ1n) is 11.9. The minimum atomic E-state index is -5.04. The monoisotopic (exact) mass is 603 g/mol. The van der Waals surface area contributed by atoms with Gasteiger partial charge in [-0.15, -0.1) is 13.2 Å². The van der Waals surface area contributed by atoms with Gasteiger partial charge in [-0.2, -0.15) is 17.6 Å². The van der Waals surface area contributed by atoms with Gasteiger partial charge in [0.1, 0.15) is 17.4 Å². The van der Waals surface area contributed by atoms with Gasteiger partial charge < -0.3 is 14.2 Å². The Balaban J connectivity index is 2.09. The molecule has 0 aromatic heterocycles. The predicted molar refractivity (Wildman–Crippen MR) is 131 cm³/mol. The van der Waals surface area contributed by atoms with Gasteiger partial charge in [-0.1, -0.05) is 36.4 Å². The van der Waals surface area contributed by atoms with E-state index in [1.165, 1.54) is 31.2 Å². The molecule has 224 valence electrons. The Labute approximate surface area is 232 Å². The summed E-state index contributed by atoms with van der Waals surface area (Å²) in [4.78, 5) is 37.4. The maximum absolute atomic E-state index is 13.5. The van der Waals surface area contributed by atoms with Crippen molar-refractivity contribution in [3.8, 4) is 22.6 Å². The molecule has 0 aliphatic rings. The Morgan fingerprint density at radius 3 is 2.12 bits per heavy atom. The van der Waals surface area contributed by atoms with Crippen LogP contribution in [0.25, 0.3) is 11.1 Å². The van der Waals surface area contributed by atoms with Crippen molar-refractivity contribution in [1.29, 1.82) is 0 Å². The molecule has 0 aliphatic heterocycles. The molecular weight excluding hydrogens is 583 g/mol. The molecular formula is C27H20F7NO7. The van der Waals surface area contributed by atoms with Crippen LogP contribution < -0.4 is 9.47 Å². The van der Waals surface area contributed by atoms with Crippen LogP contribution in [-0.4, -0.2) is 42.2 Å². The van der Waals surface area contributed by atoms with E-state index in [-0.39, 0.29) is 23.3 Å². The summed E-state index contributed by atoms with van der Waals surface area (Å²) in [7, 11) is 0. The highest BCUT2D eigenvalue weighted by Gasteiger charge is 2.44. The molecule has 1 unspecified atom stereocenters. The second kappa shape index (κ2) is 12.9. The Bertz CT molecular complexity index is 1460. The van der Waals surface area contributed by atoms with E-state index in [2.05, 4.69) is 9.47 Å². The van der Waals surface area contributed by atoms with Crippen molar-refractivity contribution in [2.75, 3.05) is 6.61 Å². The molecule has 0 aliphatic carbocycles. The molecule has 8 nitrogen and oxygen atoms in total. The first-order chi connectivity index (χ1) is 19.6. The molecule has 0 bridgehead atoms. The third kappa shape index (κ3) is 7.95. The van der Waals surface area contributed by atoms with Crippen LogP contribution in [0.1, 0.15) is 22.8 Å². The van der Waals surface area contributed by atoms with E-state index < -0.39 is 70.7 Å². The fourth-order valence-corrected chi connectivity index (χ4v) is 3.94. The largest absolute Gasteiger partial charge is 0.573 e. The summed E-state index contributed by atoms with van der Waals surface area (Å²) >= 11 is 0. The molecule has 0 saturated heterocycles. The van der Waals surface area contributed by atoms with Crippen molar-refractivity contribution < 1.29 is 59.5 Å². The molecule has 1 atom stereocenters. The van der Waals surface area contributed by atoms with Gasteiger partial charge in [-0.05, 0) is 42.3 Å². The van der Waals surface area contributed by atoms with Crippen LogP contribution in [0.4, 0.5) is 36.4 Å². The molecule has 3 aromatic carbocycles. The number of carbonyl (C=O) groups excluding carboxylic acids is 2. The average molecular weight is 603 g/mol. The lowest BCUT2D eigenvalue weighted by atomic mass is 9.86. The fourth-order valence-electron chi connectivity index (χ4n) is 3.94. The number of Topliss-reactive ketones (excluding diaryl/α,β-unsaturated/α-hetero) is 1. The summed E-state index contributed by atoms with van der Waals surface area (Å²) in [6.45, 7) is 1.18. The van der Waals surface area contributed by atoms with Crippen LogP contribution in [0.3, 0.4) is 0 Å². The van der Waals surface area contributed by atoms with Crippen LogP contribution in [0.5, 0.6) is 11.5 Å². The molecule has 42 heavy (non-hydrogen) atoms. The molecule has 0 spiro atoms. The summed E-state index contributed by atoms with van der Waals surface area (Å²) in [5.74, 6) is -5.55. The van der Waals surface area contributed by atoms with Crippen LogP contribution >= 0.6 is 0 Å². The lowest BCUT2D eigenvalue weighted by molar-refractivity contribution is -0.385. The molecule has 0 radical (unpaired) electrons. The highest BCUT2D eigenvalue weighted by Crippen LogP contribution is 2.36. The van der Waals surface area contributed by atoms with Gasteiger partial charge in [-0.3, -0.25) is 19.7 Å². The molecule has 0 heterocycles.